The molecule has 0 amide bonds. The molecule has 30 heavy (non-hydrogen) atoms. The van der Waals surface area contributed by atoms with Crippen LogP contribution >= 0.6 is 0 Å². The zero-order valence-electron chi connectivity index (χ0n) is 19.7. The maximum atomic E-state index is 10.0. The number of aliphatic hydroxyl groups is 3. The normalized spacial score (nSPS) is 35.6. The topological polar surface area (TPSA) is 60.7 Å². The molecule has 0 heterocycles. The van der Waals surface area contributed by atoms with Gasteiger partial charge in [-0.15, -0.1) is 0 Å². The van der Waals surface area contributed by atoms with Crippen LogP contribution in [0, 0.1) is 23.2 Å². The van der Waals surface area contributed by atoms with Crippen LogP contribution in [0.4, 0.5) is 0 Å². The minimum atomic E-state index is -1.58. The van der Waals surface area contributed by atoms with Crippen molar-refractivity contribution in [3.8, 4) is 0 Å². The van der Waals surface area contributed by atoms with Crippen molar-refractivity contribution in [2.24, 2.45) is 23.2 Å². The Morgan fingerprint density at radius 1 is 1.17 bits per heavy atom. The zero-order valence-corrected chi connectivity index (χ0v) is 19.7. The van der Waals surface area contributed by atoms with Gasteiger partial charge in [0, 0.05) is 12.8 Å². The van der Waals surface area contributed by atoms with E-state index >= 15 is 0 Å². The first kappa shape index (κ1) is 23.8. The molecule has 0 saturated heterocycles. The molecular formula is C27H44O3. The molecule has 3 nitrogen and oxygen atoms in total. The third-order valence-electron chi connectivity index (χ3n) is 8.43. The van der Waals surface area contributed by atoms with Gasteiger partial charge in [-0.25, -0.2) is 0 Å². The van der Waals surface area contributed by atoms with Gasteiger partial charge in [-0.05, 0) is 87.5 Å². The highest BCUT2D eigenvalue weighted by Crippen LogP contribution is 2.60. The number of hydrogen-bond donors (Lipinski definition) is 3. The summed E-state index contributed by atoms with van der Waals surface area (Å²) in [7, 11) is 0. The quantitative estimate of drug-likeness (QED) is 0.462. The fourth-order valence-electron chi connectivity index (χ4n) is 6.69. The van der Waals surface area contributed by atoms with Gasteiger partial charge in [0.25, 0.3) is 0 Å². The molecule has 170 valence electrons. The summed E-state index contributed by atoms with van der Waals surface area (Å²) in [6.07, 6.45) is 15.3. The van der Waals surface area contributed by atoms with Gasteiger partial charge in [0.1, 0.15) is 0 Å². The minimum absolute atomic E-state index is 0.290. The third-order valence-corrected chi connectivity index (χ3v) is 8.43. The molecule has 0 aromatic heterocycles. The molecule has 3 saturated carbocycles. The van der Waals surface area contributed by atoms with E-state index in [9.17, 15) is 15.3 Å². The van der Waals surface area contributed by atoms with E-state index in [1.807, 2.05) is 13.8 Å². The Kier molecular flexibility index (Phi) is 7.06. The second-order valence-electron chi connectivity index (χ2n) is 11.5. The van der Waals surface area contributed by atoms with Crippen LogP contribution in [-0.2, 0) is 0 Å². The van der Waals surface area contributed by atoms with Crippen LogP contribution in [0.2, 0.25) is 0 Å². The van der Waals surface area contributed by atoms with Crippen LogP contribution in [-0.4, -0.2) is 26.7 Å². The summed E-state index contributed by atoms with van der Waals surface area (Å²) >= 11 is 0. The van der Waals surface area contributed by atoms with Gasteiger partial charge in [-0.3, -0.25) is 0 Å². The summed E-state index contributed by atoms with van der Waals surface area (Å²) in [5, 5.41) is 30.1. The predicted molar refractivity (Wildman–Crippen MR) is 124 cm³/mol. The second-order valence-corrected chi connectivity index (χ2v) is 11.5. The first-order valence-electron chi connectivity index (χ1n) is 12.2. The largest absolute Gasteiger partial charge is 0.390 e. The average molecular weight is 417 g/mol. The highest BCUT2D eigenvalue weighted by atomic mass is 16.5. The number of fused-ring (bicyclic) bond motifs is 1. The van der Waals surface area contributed by atoms with E-state index in [2.05, 4.69) is 32.6 Å². The molecule has 0 aliphatic heterocycles. The molecule has 0 aromatic carbocycles. The van der Waals surface area contributed by atoms with Crippen molar-refractivity contribution in [3.05, 3.63) is 35.5 Å². The summed E-state index contributed by atoms with van der Waals surface area (Å²) < 4.78 is 0. The van der Waals surface area contributed by atoms with Gasteiger partial charge >= 0.3 is 0 Å². The Morgan fingerprint density at radius 2 is 1.90 bits per heavy atom. The Bertz CT molecular complexity index is 693. The van der Waals surface area contributed by atoms with E-state index in [-0.39, 0.29) is 0 Å². The first-order valence-corrected chi connectivity index (χ1v) is 12.2. The van der Waals surface area contributed by atoms with Crippen molar-refractivity contribution in [1.29, 1.82) is 0 Å². The monoisotopic (exact) mass is 416 g/mol. The van der Waals surface area contributed by atoms with Gasteiger partial charge < -0.3 is 15.3 Å². The standard InChI is InChI=1S/C27H44O3/c1-19-14-17-27(29,30)18-22(19)11-10-21-9-7-16-26(5)23(12-13-24(21)26)20(2)8-6-15-25(3,4)28/h10-11,20,23-24,28-30H,1,6-9,12-18H2,2-5H3/t20-,23-,24?,26-/m1/s1. The van der Waals surface area contributed by atoms with E-state index < -0.39 is 11.4 Å². The molecule has 4 atom stereocenters. The lowest BCUT2D eigenvalue weighted by Crippen LogP contribution is -2.36. The van der Waals surface area contributed by atoms with Crippen LogP contribution in [0.15, 0.2) is 35.5 Å². The zero-order chi connectivity index (χ0) is 22.2. The molecule has 3 heteroatoms. The average Bonchev–Trinajstić information content (AvgIpc) is 2.99. The van der Waals surface area contributed by atoms with E-state index in [0.29, 0.717) is 36.5 Å². The molecule has 0 aromatic rings. The Labute approximate surface area is 184 Å². The van der Waals surface area contributed by atoms with Crippen molar-refractivity contribution in [1.82, 2.24) is 0 Å². The Balaban J connectivity index is 1.70. The second kappa shape index (κ2) is 8.92. The summed E-state index contributed by atoms with van der Waals surface area (Å²) in [4.78, 5) is 0. The minimum Gasteiger partial charge on any atom is -0.390 e. The van der Waals surface area contributed by atoms with Crippen molar-refractivity contribution < 1.29 is 15.3 Å². The summed E-state index contributed by atoms with van der Waals surface area (Å²) in [6, 6.07) is 0. The smallest absolute Gasteiger partial charge is 0.166 e. The predicted octanol–water partition coefficient (Wildman–Crippen LogP) is 6.05. The molecule has 0 bridgehead atoms. The van der Waals surface area contributed by atoms with E-state index in [0.717, 1.165) is 29.9 Å². The Hall–Kier alpha value is -0.900. The van der Waals surface area contributed by atoms with Gasteiger partial charge in [0.2, 0.25) is 0 Å². The molecule has 3 fully saturated rings. The molecule has 3 aliphatic carbocycles. The van der Waals surface area contributed by atoms with Crippen molar-refractivity contribution in [2.45, 2.75) is 110 Å². The molecule has 3 N–H and O–H groups in total. The fraction of sp³-hybridized carbons (Fsp3) is 0.778. The number of allylic oxidation sites excluding steroid dienone is 4. The maximum Gasteiger partial charge on any atom is 0.166 e. The van der Waals surface area contributed by atoms with Crippen molar-refractivity contribution >= 4 is 0 Å². The molecule has 0 radical (unpaired) electrons. The highest BCUT2D eigenvalue weighted by Gasteiger charge is 2.50. The van der Waals surface area contributed by atoms with Crippen molar-refractivity contribution in [3.63, 3.8) is 0 Å². The van der Waals surface area contributed by atoms with Crippen LogP contribution in [0.25, 0.3) is 0 Å². The van der Waals surface area contributed by atoms with Crippen LogP contribution in [0.1, 0.15) is 98.3 Å². The molecule has 3 rings (SSSR count). The van der Waals surface area contributed by atoms with E-state index in [1.54, 1.807) is 5.57 Å². The SMILES string of the molecule is C=C1CCC(O)(O)CC1=CC=C1CCC[C@@]2(C)C1CC[C@@H]2[C@H](C)CCCC(C)(C)O. The van der Waals surface area contributed by atoms with Crippen LogP contribution < -0.4 is 0 Å². The van der Waals surface area contributed by atoms with Gasteiger partial charge in [-0.2, -0.15) is 0 Å². The first-order chi connectivity index (χ1) is 13.9. The fourth-order valence-corrected chi connectivity index (χ4v) is 6.69. The van der Waals surface area contributed by atoms with E-state index in [4.69, 9.17) is 0 Å². The number of rotatable bonds is 6. The molecule has 0 spiro atoms. The maximum absolute atomic E-state index is 10.0. The summed E-state index contributed by atoms with van der Waals surface area (Å²) in [5.41, 5.74) is 3.43. The number of hydrogen-bond acceptors (Lipinski definition) is 3. The summed E-state index contributed by atoms with van der Waals surface area (Å²) in [6.45, 7) is 12.9. The van der Waals surface area contributed by atoms with E-state index in [1.165, 1.54) is 38.5 Å². The molecule has 3 aliphatic rings. The van der Waals surface area contributed by atoms with Gasteiger partial charge in [0.05, 0.1) is 5.60 Å². The highest BCUT2D eigenvalue weighted by molar-refractivity contribution is 5.36. The van der Waals surface area contributed by atoms with Crippen LogP contribution in [0.3, 0.4) is 0 Å². The lowest BCUT2D eigenvalue weighted by molar-refractivity contribution is -0.166. The van der Waals surface area contributed by atoms with Gasteiger partial charge in [-0.1, -0.05) is 56.6 Å². The summed E-state index contributed by atoms with van der Waals surface area (Å²) in [5.74, 6) is 0.522. The Morgan fingerprint density at radius 3 is 2.60 bits per heavy atom. The van der Waals surface area contributed by atoms with Crippen LogP contribution in [0.5, 0.6) is 0 Å². The lowest BCUT2D eigenvalue weighted by Gasteiger charge is -2.44. The third kappa shape index (κ3) is 5.47. The van der Waals surface area contributed by atoms with Crippen molar-refractivity contribution in [2.75, 3.05) is 0 Å². The molecule has 1 unspecified atom stereocenters. The van der Waals surface area contributed by atoms with Gasteiger partial charge in [0.15, 0.2) is 5.79 Å². The lowest BCUT2D eigenvalue weighted by atomic mass is 9.60. The molecular weight excluding hydrogens is 372 g/mol.